The zero-order valence-corrected chi connectivity index (χ0v) is 20.5. The molecule has 0 amide bonds. The Hall–Kier alpha value is -2.12. The van der Waals surface area contributed by atoms with Crippen LogP contribution in [0.25, 0.3) is 0 Å². The fourth-order valence-corrected chi connectivity index (χ4v) is 6.48. The van der Waals surface area contributed by atoms with E-state index in [0.717, 1.165) is 11.1 Å². The molecule has 4 rings (SSSR count). The van der Waals surface area contributed by atoms with Crippen molar-refractivity contribution in [1.29, 1.82) is 0 Å². The van der Waals surface area contributed by atoms with Gasteiger partial charge >= 0.3 is 182 Å². The molecule has 4 aromatic carbocycles. The summed E-state index contributed by atoms with van der Waals surface area (Å²) in [6.45, 7) is 0. The van der Waals surface area contributed by atoms with Gasteiger partial charge in [-0.25, -0.2) is 0 Å². The van der Waals surface area contributed by atoms with Crippen molar-refractivity contribution in [3.8, 4) is 0 Å². The van der Waals surface area contributed by atoms with Crippen LogP contribution < -0.4 is 21.2 Å². The van der Waals surface area contributed by atoms with Crippen molar-refractivity contribution < 1.29 is 30.7 Å². The second kappa shape index (κ2) is 10.5. The van der Waals surface area contributed by atoms with Crippen molar-refractivity contribution in [2.75, 3.05) is 14.2 Å². The summed E-state index contributed by atoms with van der Waals surface area (Å²) in [7, 11) is 3.39. The number of hydrogen-bond acceptors (Lipinski definition) is 3. The van der Waals surface area contributed by atoms with Gasteiger partial charge in [-0.1, -0.05) is 18.2 Å². The van der Waals surface area contributed by atoms with Gasteiger partial charge in [0.2, 0.25) is 0 Å². The summed E-state index contributed by atoms with van der Waals surface area (Å²) in [6.07, 6.45) is 0. The van der Waals surface area contributed by atoms with Crippen LogP contribution in [-0.2, 0) is 15.3 Å². The minimum absolute atomic E-state index is 0.199. The third-order valence-electron chi connectivity index (χ3n) is 4.96. The summed E-state index contributed by atoms with van der Waals surface area (Å²) >= 11 is 1.54. The molecule has 0 unspecified atom stereocenters. The van der Waals surface area contributed by atoms with E-state index in [1.165, 1.54) is 16.9 Å². The molecule has 0 heterocycles. The van der Waals surface area contributed by atoms with Crippen molar-refractivity contribution in [3.05, 3.63) is 127 Å². The maximum atomic E-state index is 5.96. The molecule has 0 atom stereocenters. The monoisotopic (exact) mass is 539 g/mol. The topological polar surface area (TPSA) is 18.5 Å². The summed E-state index contributed by atoms with van der Waals surface area (Å²) in [5.41, 5.74) is 1.96. The molecule has 0 spiro atoms. The van der Waals surface area contributed by atoms with Crippen LogP contribution in [0.1, 0.15) is 11.1 Å². The molecule has 0 aliphatic heterocycles. The molecule has 0 aromatic heterocycles. The second-order valence-corrected chi connectivity index (χ2v) is 11.0. The predicted molar refractivity (Wildman–Crippen MR) is 122 cm³/mol. The van der Waals surface area contributed by atoms with Gasteiger partial charge in [0.25, 0.3) is 0 Å². The molecular weight excluding hydrogens is 515 g/mol. The van der Waals surface area contributed by atoms with E-state index in [0.29, 0.717) is 0 Å². The van der Waals surface area contributed by atoms with Crippen LogP contribution in [0, 0.1) is 7.14 Å². The van der Waals surface area contributed by atoms with E-state index in [1.54, 1.807) is 26.0 Å². The SMILES string of the molecule is COC(OC)(c1ccc(Sc2ccccc2)cc1)c1ccc([I-]c2ccccc2)cc1. The Morgan fingerprint density at radius 2 is 1.00 bits per heavy atom. The fraction of sp³-hybridized carbons (Fsp3) is 0.111. The van der Waals surface area contributed by atoms with Crippen molar-refractivity contribution in [3.63, 3.8) is 0 Å². The Kier molecular flexibility index (Phi) is 7.45. The minimum atomic E-state index is -0.931. The van der Waals surface area contributed by atoms with Gasteiger partial charge < -0.3 is 0 Å². The number of rotatable bonds is 8. The van der Waals surface area contributed by atoms with Crippen molar-refractivity contribution in [2.45, 2.75) is 15.6 Å². The Morgan fingerprint density at radius 1 is 0.548 bits per heavy atom. The van der Waals surface area contributed by atoms with Crippen molar-refractivity contribution >= 4 is 11.8 Å². The molecule has 0 aliphatic carbocycles. The number of benzene rings is 4. The van der Waals surface area contributed by atoms with Crippen LogP contribution >= 0.6 is 11.8 Å². The number of methoxy groups -OCH3 is 2. The molecule has 0 saturated heterocycles. The molecule has 0 aliphatic rings. The van der Waals surface area contributed by atoms with E-state index in [-0.39, 0.29) is 21.2 Å². The first-order valence-electron chi connectivity index (χ1n) is 9.98. The van der Waals surface area contributed by atoms with Crippen LogP contribution in [-0.4, -0.2) is 14.2 Å². The zero-order chi connectivity index (χ0) is 21.5. The molecule has 31 heavy (non-hydrogen) atoms. The Morgan fingerprint density at radius 3 is 1.55 bits per heavy atom. The van der Waals surface area contributed by atoms with Gasteiger partial charge in [-0.2, -0.15) is 0 Å². The van der Waals surface area contributed by atoms with Crippen LogP contribution in [0.15, 0.2) is 119 Å². The number of hydrogen-bond donors (Lipinski definition) is 0. The molecule has 0 radical (unpaired) electrons. The van der Waals surface area contributed by atoms with Gasteiger partial charge in [0, 0.05) is 0 Å². The van der Waals surface area contributed by atoms with Crippen molar-refractivity contribution in [2.24, 2.45) is 0 Å². The molecule has 158 valence electrons. The summed E-state index contributed by atoms with van der Waals surface area (Å²) in [5.74, 6) is -0.931. The van der Waals surface area contributed by atoms with E-state index in [4.69, 9.17) is 9.47 Å². The van der Waals surface area contributed by atoms with Gasteiger partial charge in [0.05, 0.1) is 0 Å². The Labute approximate surface area is 198 Å². The van der Waals surface area contributed by atoms with E-state index < -0.39 is 5.79 Å². The fourth-order valence-electron chi connectivity index (χ4n) is 3.42. The second-order valence-electron chi connectivity index (χ2n) is 6.86. The third-order valence-corrected chi connectivity index (χ3v) is 8.66. The summed E-state index contributed by atoms with van der Waals surface area (Å²) < 4.78 is 14.7. The average molecular weight is 539 g/mol. The molecule has 0 fully saturated rings. The van der Waals surface area contributed by atoms with E-state index in [2.05, 4.69) is 103 Å². The first-order valence-corrected chi connectivity index (χ1v) is 12.9. The predicted octanol–water partition coefficient (Wildman–Crippen LogP) is 3.46. The standard InChI is InChI=1S/C27H24IO2S/c1-29-27(30-2,21-13-17-24(18-14-21)28-23-9-5-3-6-10-23)22-15-19-26(20-16-22)31-25-11-7-4-8-12-25/h3-20H,1-2H3/q-1. The summed E-state index contributed by atoms with van der Waals surface area (Å²) in [5, 5.41) is 0. The van der Waals surface area contributed by atoms with Crippen LogP contribution in [0.5, 0.6) is 0 Å². The van der Waals surface area contributed by atoms with E-state index >= 15 is 0 Å². The Balaban J connectivity index is 1.56. The molecule has 0 bridgehead atoms. The van der Waals surface area contributed by atoms with Gasteiger partial charge in [0.15, 0.2) is 0 Å². The molecular formula is C27H24IO2S-. The van der Waals surface area contributed by atoms with Gasteiger partial charge in [0.1, 0.15) is 0 Å². The van der Waals surface area contributed by atoms with E-state index in [1.807, 2.05) is 6.07 Å². The maximum absolute atomic E-state index is 5.96. The first kappa shape index (κ1) is 22.1. The zero-order valence-electron chi connectivity index (χ0n) is 17.5. The molecule has 0 saturated carbocycles. The Bertz CT molecular complexity index is 991. The van der Waals surface area contributed by atoms with Crippen LogP contribution in [0.4, 0.5) is 0 Å². The third kappa shape index (κ3) is 5.21. The molecule has 4 aromatic rings. The van der Waals surface area contributed by atoms with Crippen LogP contribution in [0.3, 0.4) is 0 Å². The summed E-state index contributed by atoms with van der Waals surface area (Å²) in [4.78, 5) is 2.40. The number of halogens is 1. The summed E-state index contributed by atoms with van der Waals surface area (Å²) in [6, 6.07) is 38.1. The normalized spacial score (nSPS) is 11.5. The first-order chi connectivity index (χ1) is 15.2. The molecule has 2 nitrogen and oxygen atoms in total. The van der Waals surface area contributed by atoms with Crippen molar-refractivity contribution in [1.82, 2.24) is 0 Å². The van der Waals surface area contributed by atoms with Crippen LogP contribution in [0.2, 0.25) is 0 Å². The molecule has 0 N–H and O–H groups in total. The van der Waals surface area contributed by atoms with Gasteiger partial charge in [-0.3, -0.25) is 0 Å². The average Bonchev–Trinajstić information content (AvgIpc) is 2.83. The molecule has 4 heteroatoms. The number of ether oxygens (including phenoxy) is 2. The van der Waals surface area contributed by atoms with Gasteiger partial charge in [-0.05, 0) is 0 Å². The van der Waals surface area contributed by atoms with E-state index in [9.17, 15) is 0 Å². The quantitative estimate of drug-likeness (QED) is 0.253. The van der Waals surface area contributed by atoms with Gasteiger partial charge in [-0.15, -0.1) is 0 Å².